The van der Waals surface area contributed by atoms with E-state index < -0.39 is 91.5 Å². The number of phosphoric acid groups is 2. The number of carbonyl (C=O) groups excluding carboxylic acids is 3. The van der Waals surface area contributed by atoms with Gasteiger partial charge in [0, 0.05) is 19.3 Å². The summed E-state index contributed by atoms with van der Waals surface area (Å²) >= 11 is 0. The molecule has 0 heterocycles. The summed E-state index contributed by atoms with van der Waals surface area (Å²) < 4.78 is 61.3. The van der Waals surface area contributed by atoms with Gasteiger partial charge in [-0.05, 0) is 148 Å². The normalized spacial score (nSPS) is 14.5. The standard InChI is InChI=1S/C93H160O16P2/c1-4-7-10-13-16-19-22-25-28-31-34-36-37-38-39-40-41-42-43-44-45-46-47-48-49-51-54-55-58-61-64-67-70-73-76-79-91(96)103-82-88(94)83-105-110(99,100)106-84-89(95)85-107-111(101,102)108-87-90(109-93(98)81-78-75-72-69-66-63-60-57-52-33-30-27-24-21-18-15-12-9-6-3)86-104-92(97)80-77-74-71-68-65-62-59-56-53-50-35-32-29-26-23-20-17-14-11-8-5-2/h7,10,16-21,25-30,34-36,38-39,50,52,56-57,59,88-90,94-95H,4-6,8-9,11-15,22-24,31-33,37,40-49,51,53-55,58,60-87H2,1-3H3,(H,99,100)(H,101,102)/b10-7-,19-16-,20-17-,21-18-,28-25-,29-26-,30-27-,36-34-,39-38-,50-35-,57-52-,59-56-. The molecule has 0 aromatic rings. The van der Waals surface area contributed by atoms with Crippen LogP contribution >= 0.6 is 15.6 Å². The van der Waals surface area contributed by atoms with Crippen molar-refractivity contribution in [1.82, 2.24) is 0 Å². The number of hydrogen-bond acceptors (Lipinski definition) is 14. The highest BCUT2D eigenvalue weighted by Gasteiger charge is 2.29. The van der Waals surface area contributed by atoms with Gasteiger partial charge in [0.05, 0.1) is 26.4 Å². The molecule has 0 amide bonds. The minimum Gasteiger partial charge on any atom is -0.463 e. The van der Waals surface area contributed by atoms with Crippen LogP contribution in [0.15, 0.2) is 146 Å². The molecule has 0 saturated heterocycles. The second-order valence-electron chi connectivity index (χ2n) is 29.3. The van der Waals surface area contributed by atoms with Crippen molar-refractivity contribution < 1.29 is 75.8 Å². The van der Waals surface area contributed by atoms with Gasteiger partial charge in [-0.15, -0.1) is 0 Å². The maximum atomic E-state index is 13.0. The molecule has 0 radical (unpaired) electrons. The van der Waals surface area contributed by atoms with E-state index in [1.165, 1.54) is 148 Å². The number of ether oxygens (including phenoxy) is 3. The van der Waals surface area contributed by atoms with Crippen molar-refractivity contribution in [1.29, 1.82) is 0 Å². The van der Waals surface area contributed by atoms with Crippen LogP contribution in [-0.2, 0) is 55.8 Å². The van der Waals surface area contributed by atoms with Gasteiger partial charge in [0.1, 0.15) is 25.4 Å². The Morgan fingerprint density at radius 3 is 0.757 bits per heavy atom. The Bertz CT molecular complexity index is 2600. The number of hydrogen-bond donors (Lipinski definition) is 4. The molecular formula is C93H160O16P2. The van der Waals surface area contributed by atoms with Crippen molar-refractivity contribution in [3.8, 4) is 0 Å². The van der Waals surface area contributed by atoms with Crippen LogP contribution in [0.5, 0.6) is 0 Å². The first-order chi connectivity index (χ1) is 54.2. The molecule has 111 heavy (non-hydrogen) atoms. The van der Waals surface area contributed by atoms with Crippen LogP contribution in [0.3, 0.4) is 0 Å². The number of allylic oxidation sites excluding steroid dienone is 24. The number of rotatable bonds is 83. The second kappa shape index (κ2) is 84.8. The van der Waals surface area contributed by atoms with E-state index in [1.54, 1.807) is 0 Å². The van der Waals surface area contributed by atoms with Crippen molar-refractivity contribution in [2.75, 3.05) is 39.6 Å². The quantitative estimate of drug-likeness (QED) is 0.0146. The average molecular weight is 1600 g/mol. The van der Waals surface area contributed by atoms with Gasteiger partial charge in [0.25, 0.3) is 0 Å². The molecule has 5 atom stereocenters. The number of aliphatic hydroxyl groups excluding tert-OH is 2. The van der Waals surface area contributed by atoms with Crippen molar-refractivity contribution in [3.63, 3.8) is 0 Å². The molecule has 0 saturated carbocycles. The van der Waals surface area contributed by atoms with E-state index in [2.05, 4.69) is 167 Å². The molecule has 0 fully saturated rings. The van der Waals surface area contributed by atoms with Crippen LogP contribution in [0.2, 0.25) is 0 Å². The van der Waals surface area contributed by atoms with Gasteiger partial charge in [-0.3, -0.25) is 32.5 Å². The molecule has 638 valence electrons. The van der Waals surface area contributed by atoms with E-state index in [0.717, 1.165) is 161 Å². The molecule has 0 aliphatic rings. The van der Waals surface area contributed by atoms with Crippen molar-refractivity contribution in [2.24, 2.45) is 0 Å². The fourth-order valence-corrected chi connectivity index (χ4v) is 13.4. The van der Waals surface area contributed by atoms with E-state index in [9.17, 15) is 43.5 Å². The maximum Gasteiger partial charge on any atom is 0.472 e. The number of carbonyl (C=O) groups is 3. The highest BCUT2D eigenvalue weighted by atomic mass is 31.2. The van der Waals surface area contributed by atoms with Crippen LogP contribution in [-0.4, -0.2) is 95.9 Å². The second-order valence-corrected chi connectivity index (χ2v) is 32.2. The van der Waals surface area contributed by atoms with Crippen LogP contribution in [0, 0.1) is 0 Å². The SMILES string of the molecule is CC/C=C\C/C=C\C/C=C\C/C=C\C/C=C\CCCCCCCCCCCCCCCCCCCCCC(=O)OCC(O)COP(=O)(O)OCC(O)COP(=O)(O)OCC(COC(=O)CCCCCCC/C=C\C/C=C\C/C=C\C/C=C\CCCCC)OC(=O)CCCCCCCC/C=C\C/C=C\C/C=C\CCCCC. The van der Waals surface area contributed by atoms with Crippen molar-refractivity contribution >= 4 is 33.6 Å². The van der Waals surface area contributed by atoms with E-state index >= 15 is 0 Å². The summed E-state index contributed by atoms with van der Waals surface area (Å²) in [7, 11) is -9.81. The summed E-state index contributed by atoms with van der Waals surface area (Å²) in [6.07, 6.45) is 106. The van der Waals surface area contributed by atoms with Gasteiger partial charge in [0.15, 0.2) is 6.10 Å². The first-order valence-electron chi connectivity index (χ1n) is 44.1. The largest absolute Gasteiger partial charge is 0.472 e. The predicted octanol–water partition coefficient (Wildman–Crippen LogP) is 26.8. The van der Waals surface area contributed by atoms with Crippen molar-refractivity contribution in [3.05, 3.63) is 146 Å². The summed E-state index contributed by atoms with van der Waals surface area (Å²) in [4.78, 5) is 58.8. The van der Waals surface area contributed by atoms with Gasteiger partial charge in [-0.2, -0.15) is 0 Å². The Morgan fingerprint density at radius 2 is 0.477 bits per heavy atom. The van der Waals surface area contributed by atoms with Crippen LogP contribution in [0.25, 0.3) is 0 Å². The van der Waals surface area contributed by atoms with E-state index in [-0.39, 0.29) is 19.3 Å². The maximum absolute atomic E-state index is 13.0. The smallest absolute Gasteiger partial charge is 0.463 e. The van der Waals surface area contributed by atoms with Crippen LogP contribution in [0.1, 0.15) is 367 Å². The summed E-state index contributed by atoms with van der Waals surface area (Å²) in [5, 5.41) is 20.7. The number of unbranched alkanes of at least 4 members (excludes halogenated alkanes) is 36. The summed E-state index contributed by atoms with van der Waals surface area (Å²) in [5.74, 6) is -1.60. The zero-order valence-corrected chi connectivity index (χ0v) is 71.9. The lowest BCUT2D eigenvalue weighted by Gasteiger charge is -2.21. The monoisotopic (exact) mass is 1600 g/mol. The third kappa shape index (κ3) is 86.1. The minimum atomic E-state index is -4.95. The third-order valence-electron chi connectivity index (χ3n) is 18.5. The molecule has 0 rings (SSSR count). The molecule has 0 aromatic heterocycles. The molecule has 0 aromatic carbocycles. The predicted molar refractivity (Wildman–Crippen MR) is 463 cm³/mol. The fourth-order valence-electron chi connectivity index (χ4n) is 11.8. The molecule has 4 N–H and O–H groups in total. The minimum absolute atomic E-state index is 0.0830. The van der Waals surface area contributed by atoms with Gasteiger partial charge < -0.3 is 34.2 Å². The van der Waals surface area contributed by atoms with E-state index in [4.69, 9.17) is 32.3 Å². The molecule has 0 aliphatic heterocycles. The number of aliphatic hydroxyl groups is 2. The Morgan fingerprint density at radius 1 is 0.261 bits per heavy atom. The fraction of sp³-hybridized carbons (Fsp3) is 0.710. The van der Waals surface area contributed by atoms with Gasteiger partial charge >= 0.3 is 33.6 Å². The summed E-state index contributed by atoms with van der Waals surface area (Å²) in [6.45, 7) is 2.51. The van der Waals surface area contributed by atoms with Gasteiger partial charge in [-0.25, -0.2) is 9.13 Å². The lowest BCUT2D eigenvalue weighted by Crippen LogP contribution is -2.30. The van der Waals surface area contributed by atoms with E-state index in [0.29, 0.717) is 19.3 Å². The van der Waals surface area contributed by atoms with Gasteiger partial charge in [0.2, 0.25) is 0 Å². The lowest BCUT2D eigenvalue weighted by molar-refractivity contribution is -0.161. The van der Waals surface area contributed by atoms with Crippen LogP contribution < -0.4 is 0 Å². The van der Waals surface area contributed by atoms with Gasteiger partial charge in [-0.1, -0.05) is 346 Å². The first-order valence-corrected chi connectivity index (χ1v) is 47.1. The summed E-state index contributed by atoms with van der Waals surface area (Å²) in [5.41, 5.74) is 0. The molecule has 18 heteroatoms. The zero-order valence-electron chi connectivity index (χ0n) is 70.1. The topological polar surface area (TPSA) is 231 Å². The number of esters is 3. The Kier molecular flexibility index (Phi) is 81.3. The zero-order chi connectivity index (χ0) is 80.8. The molecule has 16 nitrogen and oxygen atoms in total. The lowest BCUT2D eigenvalue weighted by atomic mass is 10.0. The first kappa shape index (κ1) is 106. The molecular weight excluding hydrogens is 1430 g/mol. The van der Waals surface area contributed by atoms with E-state index in [1.807, 2.05) is 0 Å². The van der Waals surface area contributed by atoms with Crippen LogP contribution in [0.4, 0.5) is 0 Å². The summed E-state index contributed by atoms with van der Waals surface area (Å²) in [6, 6.07) is 0. The Hall–Kier alpha value is -4.57. The highest BCUT2D eigenvalue weighted by molar-refractivity contribution is 7.47. The van der Waals surface area contributed by atoms with Crippen molar-refractivity contribution in [2.45, 2.75) is 386 Å². The molecule has 0 bridgehead atoms. The highest BCUT2D eigenvalue weighted by Crippen LogP contribution is 2.45. The Labute approximate surface area is 677 Å². The molecule has 0 spiro atoms. The number of phosphoric ester groups is 2. The molecule has 5 unspecified atom stereocenters. The Balaban J connectivity index is 4.49. The molecule has 0 aliphatic carbocycles. The third-order valence-corrected chi connectivity index (χ3v) is 20.4. The average Bonchev–Trinajstić information content (AvgIpc) is 0.901.